The third-order valence-electron chi connectivity index (χ3n) is 4.09. The number of hydrogen-bond acceptors (Lipinski definition) is 4. The fourth-order valence-electron chi connectivity index (χ4n) is 2.88. The Morgan fingerprint density at radius 2 is 2.04 bits per heavy atom. The number of carboxylic acid groups (broad SMARTS) is 1. The zero-order chi connectivity index (χ0) is 19.7. The Hall–Kier alpha value is -2.39. The molecule has 0 radical (unpaired) electrons. The van der Waals surface area contributed by atoms with Gasteiger partial charge in [0.05, 0.1) is 12.7 Å². The first kappa shape index (κ1) is 20.9. The van der Waals surface area contributed by atoms with Crippen molar-refractivity contribution in [2.75, 3.05) is 0 Å². The highest BCUT2D eigenvalue weighted by Crippen LogP contribution is 2.31. The van der Waals surface area contributed by atoms with Crippen LogP contribution in [0, 0.1) is 11.8 Å². The van der Waals surface area contributed by atoms with Gasteiger partial charge in [-0.05, 0) is 44.4 Å². The second-order valence-electron chi connectivity index (χ2n) is 6.75. The quantitative estimate of drug-likeness (QED) is 0.568. The number of allylic oxidation sites excluding steroid dienone is 3. The van der Waals surface area contributed by atoms with Crippen molar-refractivity contribution in [3.05, 3.63) is 59.7 Å². The maximum Gasteiger partial charge on any atom is 0.303 e. The van der Waals surface area contributed by atoms with Gasteiger partial charge in [-0.1, -0.05) is 48.3 Å². The summed E-state index contributed by atoms with van der Waals surface area (Å²) in [5.74, 6) is 4.48. The Kier molecular flexibility index (Phi) is 7.81. The van der Waals surface area contributed by atoms with Crippen LogP contribution >= 0.6 is 0 Å². The van der Waals surface area contributed by atoms with Crippen molar-refractivity contribution < 1.29 is 24.5 Å². The molecule has 0 aliphatic carbocycles. The van der Waals surface area contributed by atoms with E-state index in [0.717, 1.165) is 11.1 Å². The summed E-state index contributed by atoms with van der Waals surface area (Å²) in [6, 6.07) is 7.47. The van der Waals surface area contributed by atoms with Crippen LogP contribution in [0.1, 0.15) is 44.2 Å². The molecule has 1 aliphatic heterocycles. The number of carboxylic acids is 1. The number of rotatable bonds is 7. The van der Waals surface area contributed by atoms with Crippen LogP contribution in [0.2, 0.25) is 0 Å². The number of hydrogen-bond donors (Lipinski definition) is 2. The molecule has 5 heteroatoms. The molecule has 1 aromatic carbocycles. The van der Waals surface area contributed by atoms with Crippen LogP contribution in [-0.4, -0.2) is 34.2 Å². The standard InChI is InChI=1S/C22H26O5/c1-22(2)26-19(20(27-22)14-9-15-21(24)25)13-6-4-3-5-10-17-11-7-8-12-18(17)16-23/h3-4,6-8,11-13,19-20,23H,9,14-16H2,1-2H3,(H,24,25)/b4-3+,13-6+/t19-,20+/m1/s1. The molecule has 2 atom stereocenters. The van der Waals surface area contributed by atoms with Gasteiger partial charge in [-0.25, -0.2) is 0 Å². The summed E-state index contributed by atoms with van der Waals surface area (Å²) < 4.78 is 11.7. The monoisotopic (exact) mass is 370 g/mol. The Balaban J connectivity index is 1.92. The number of aliphatic carboxylic acids is 1. The number of carbonyl (C=O) groups is 1. The van der Waals surface area contributed by atoms with Crippen molar-refractivity contribution in [1.29, 1.82) is 0 Å². The average molecular weight is 370 g/mol. The summed E-state index contributed by atoms with van der Waals surface area (Å²) in [7, 11) is 0. The van der Waals surface area contributed by atoms with Gasteiger partial charge in [0, 0.05) is 12.0 Å². The van der Waals surface area contributed by atoms with Crippen molar-refractivity contribution >= 4 is 5.97 Å². The zero-order valence-corrected chi connectivity index (χ0v) is 15.7. The maximum atomic E-state index is 10.7. The lowest BCUT2D eigenvalue weighted by Gasteiger charge is -2.16. The molecule has 0 unspecified atom stereocenters. The van der Waals surface area contributed by atoms with Gasteiger partial charge in [-0.3, -0.25) is 4.79 Å². The highest BCUT2D eigenvalue weighted by atomic mass is 16.7. The highest BCUT2D eigenvalue weighted by Gasteiger charge is 2.39. The molecule has 2 N–H and O–H groups in total. The molecule has 0 saturated carbocycles. The smallest absolute Gasteiger partial charge is 0.303 e. The molecule has 5 nitrogen and oxygen atoms in total. The fourth-order valence-corrected chi connectivity index (χ4v) is 2.88. The molecule has 0 bridgehead atoms. The van der Waals surface area contributed by atoms with Crippen LogP contribution in [0.4, 0.5) is 0 Å². The predicted octanol–water partition coefficient (Wildman–Crippen LogP) is 3.42. The molecule has 1 heterocycles. The normalized spacial score (nSPS) is 21.4. The molecule has 1 aromatic rings. The molecular weight excluding hydrogens is 344 g/mol. The molecule has 1 aliphatic rings. The van der Waals surface area contributed by atoms with E-state index in [-0.39, 0.29) is 25.2 Å². The lowest BCUT2D eigenvalue weighted by atomic mass is 10.1. The summed E-state index contributed by atoms with van der Waals surface area (Å²) in [6.07, 6.45) is 8.23. The van der Waals surface area contributed by atoms with E-state index < -0.39 is 11.8 Å². The van der Waals surface area contributed by atoms with Crippen molar-refractivity contribution in [2.24, 2.45) is 0 Å². The van der Waals surface area contributed by atoms with Gasteiger partial charge in [-0.2, -0.15) is 0 Å². The van der Waals surface area contributed by atoms with E-state index in [2.05, 4.69) is 11.8 Å². The first-order valence-corrected chi connectivity index (χ1v) is 9.02. The van der Waals surface area contributed by atoms with Crippen LogP contribution in [-0.2, 0) is 20.9 Å². The van der Waals surface area contributed by atoms with Crippen LogP contribution in [0.25, 0.3) is 0 Å². The van der Waals surface area contributed by atoms with Crippen LogP contribution in [0.5, 0.6) is 0 Å². The molecule has 2 rings (SSSR count). The van der Waals surface area contributed by atoms with E-state index >= 15 is 0 Å². The molecule has 144 valence electrons. The largest absolute Gasteiger partial charge is 0.481 e. The van der Waals surface area contributed by atoms with Gasteiger partial charge < -0.3 is 19.7 Å². The minimum Gasteiger partial charge on any atom is -0.481 e. The summed E-state index contributed by atoms with van der Waals surface area (Å²) in [4.78, 5) is 10.7. The van der Waals surface area contributed by atoms with Crippen molar-refractivity contribution in [3.8, 4) is 11.8 Å². The topological polar surface area (TPSA) is 76.0 Å². The summed E-state index contributed by atoms with van der Waals surface area (Å²) in [5, 5.41) is 18.1. The molecule has 0 amide bonds. The van der Waals surface area contributed by atoms with E-state index in [1.807, 2.05) is 56.3 Å². The van der Waals surface area contributed by atoms with Gasteiger partial charge in [0.1, 0.15) is 6.10 Å². The van der Waals surface area contributed by atoms with E-state index in [1.165, 1.54) is 0 Å². The third kappa shape index (κ3) is 7.03. The number of aliphatic hydroxyl groups excluding tert-OH is 1. The molecular formula is C22H26O5. The SMILES string of the molecule is CC1(C)O[C@@H](CCCC(=O)O)[C@@H](/C=C/C=C/C#Cc2ccccc2CO)O1. The molecule has 0 aromatic heterocycles. The van der Waals surface area contributed by atoms with Crippen molar-refractivity contribution in [1.82, 2.24) is 0 Å². The fraction of sp³-hybridized carbons (Fsp3) is 0.409. The van der Waals surface area contributed by atoms with Crippen LogP contribution in [0.15, 0.2) is 48.6 Å². The first-order valence-electron chi connectivity index (χ1n) is 9.02. The Morgan fingerprint density at radius 1 is 1.26 bits per heavy atom. The molecule has 1 fully saturated rings. The molecule has 1 saturated heterocycles. The second kappa shape index (κ2) is 10.1. The van der Waals surface area contributed by atoms with Crippen LogP contribution in [0.3, 0.4) is 0 Å². The molecule has 0 spiro atoms. The van der Waals surface area contributed by atoms with Gasteiger partial charge in [0.2, 0.25) is 0 Å². The van der Waals surface area contributed by atoms with Crippen LogP contribution < -0.4 is 0 Å². The number of ether oxygens (including phenoxy) is 2. The first-order chi connectivity index (χ1) is 12.9. The van der Waals surface area contributed by atoms with Gasteiger partial charge in [0.15, 0.2) is 5.79 Å². The predicted molar refractivity (Wildman–Crippen MR) is 103 cm³/mol. The summed E-state index contributed by atoms with van der Waals surface area (Å²) in [6.45, 7) is 3.67. The number of benzene rings is 1. The Bertz CT molecular complexity index is 751. The van der Waals surface area contributed by atoms with Gasteiger partial charge >= 0.3 is 5.97 Å². The van der Waals surface area contributed by atoms with E-state index in [1.54, 1.807) is 6.08 Å². The van der Waals surface area contributed by atoms with Gasteiger partial charge in [-0.15, -0.1) is 0 Å². The highest BCUT2D eigenvalue weighted by molar-refractivity contribution is 5.66. The lowest BCUT2D eigenvalue weighted by molar-refractivity contribution is -0.143. The average Bonchev–Trinajstić information content (AvgIpc) is 2.91. The summed E-state index contributed by atoms with van der Waals surface area (Å²) >= 11 is 0. The van der Waals surface area contributed by atoms with Crippen molar-refractivity contribution in [3.63, 3.8) is 0 Å². The zero-order valence-electron chi connectivity index (χ0n) is 15.7. The van der Waals surface area contributed by atoms with E-state index in [4.69, 9.17) is 14.6 Å². The minimum absolute atomic E-state index is 0.0352. The number of aliphatic hydroxyl groups is 1. The Labute approximate surface area is 160 Å². The third-order valence-corrected chi connectivity index (χ3v) is 4.09. The van der Waals surface area contributed by atoms with E-state index in [0.29, 0.717) is 12.8 Å². The molecule has 27 heavy (non-hydrogen) atoms. The minimum atomic E-state index is -0.801. The van der Waals surface area contributed by atoms with Gasteiger partial charge in [0.25, 0.3) is 0 Å². The summed E-state index contributed by atoms with van der Waals surface area (Å²) in [5.41, 5.74) is 1.61. The maximum absolute atomic E-state index is 10.7. The van der Waals surface area contributed by atoms with E-state index in [9.17, 15) is 9.90 Å². The lowest BCUT2D eigenvalue weighted by Crippen LogP contribution is -2.21. The Morgan fingerprint density at radius 3 is 2.78 bits per heavy atom. The van der Waals surface area contributed by atoms with Crippen molar-refractivity contribution in [2.45, 2.75) is 57.7 Å². The second-order valence-corrected chi connectivity index (χ2v) is 6.75.